The molecule has 0 spiro atoms. The summed E-state index contributed by atoms with van der Waals surface area (Å²) in [6, 6.07) is 17.0. The molecule has 3 aromatic rings. The number of fused-ring (bicyclic) bond motifs is 1. The molecule has 0 aliphatic rings. The highest BCUT2D eigenvalue weighted by Crippen LogP contribution is 2.36. The molecule has 1 unspecified atom stereocenters. The topological polar surface area (TPSA) is 37.3 Å². The molecule has 154 valence electrons. The van der Waals surface area contributed by atoms with Crippen LogP contribution in [0.2, 0.25) is 0 Å². The van der Waals surface area contributed by atoms with Gasteiger partial charge in [0.25, 0.3) is 0 Å². The smallest absolute Gasteiger partial charge is 0.220 e. The van der Waals surface area contributed by atoms with Crippen molar-refractivity contribution in [2.45, 2.75) is 39.2 Å². The van der Waals surface area contributed by atoms with E-state index in [2.05, 4.69) is 77.3 Å². The minimum Gasteiger partial charge on any atom is -0.355 e. The van der Waals surface area contributed by atoms with Crippen LogP contribution in [0.1, 0.15) is 42.9 Å². The molecule has 1 N–H and O–H groups in total. The second kappa shape index (κ2) is 9.75. The average Bonchev–Trinajstić information content (AvgIpc) is 3.11. The van der Waals surface area contributed by atoms with Gasteiger partial charge in [-0.1, -0.05) is 55.5 Å². The molecule has 0 saturated carbocycles. The highest BCUT2D eigenvalue weighted by Gasteiger charge is 2.23. The lowest BCUT2D eigenvalue weighted by atomic mass is 9.87. The number of hydrogen-bond donors (Lipinski definition) is 1. The number of carbonyl (C=O) groups excluding carboxylic acids is 1. The van der Waals surface area contributed by atoms with Crippen LogP contribution in [0.3, 0.4) is 0 Å². The quantitative estimate of drug-likeness (QED) is 0.586. The van der Waals surface area contributed by atoms with Crippen molar-refractivity contribution in [3.63, 3.8) is 0 Å². The number of nitrogens with one attached hydrogen (secondary N) is 1. The zero-order valence-electron chi connectivity index (χ0n) is 18.1. The lowest BCUT2D eigenvalue weighted by Gasteiger charge is -2.18. The molecule has 0 radical (unpaired) electrons. The van der Waals surface area contributed by atoms with E-state index in [0.717, 1.165) is 19.5 Å². The summed E-state index contributed by atoms with van der Waals surface area (Å²) < 4.78 is 2.34. The van der Waals surface area contributed by atoms with Gasteiger partial charge in [-0.3, -0.25) is 4.79 Å². The summed E-state index contributed by atoms with van der Waals surface area (Å²) in [6.45, 7) is 6.82. The number of rotatable bonds is 9. The fourth-order valence-corrected chi connectivity index (χ4v) is 4.05. The van der Waals surface area contributed by atoms with Gasteiger partial charge in [0.2, 0.25) is 5.91 Å². The minimum atomic E-state index is 0.0398. The third kappa shape index (κ3) is 4.88. The van der Waals surface area contributed by atoms with E-state index in [1.807, 2.05) is 20.2 Å². The third-order valence-electron chi connectivity index (χ3n) is 5.58. The first kappa shape index (κ1) is 21.1. The van der Waals surface area contributed by atoms with E-state index in [0.29, 0.717) is 13.0 Å². The number of hydrogen-bond acceptors (Lipinski definition) is 2. The first-order valence-electron chi connectivity index (χ1n) is 10.6. The zero-order chi connectivity index (χ0) is 20.8. The molecular weight excluding hydrogens is 358 g/mol. The highest BCUT2D eigenvalue weighted by molar-refractivity contribution is 5.89. The average molecular weight is 392 g/mol. The molecule has 1 atom stereocenters. The van der Waals surface area contributed by atoms with Gasteiger partial charge in [-0.2, -0.15) is 0 Å². The van der Waals surface area contributed by atoms with Gasteiger partial charge < -0.3 is 14.8 Å². The predicted octanol–water partition coefficient (Wildman–Crippen LogP) is 4.42. The van der Waals surface area contributed by atoms with Crippen molar-refractivity contribution < 1.29 is 4.79 Å². The highest BCUT2D eigenvalue weighted by atomic mass is 16.1. The van der Waals surface area contributed by atoms with Crippen molar-refractivity contribution in [3.05, 3.63) is 71.4 Å². The van der Waals surface area contributed by atoms with E-state index in [-0.39, 0.29) is 11.8 Å². The maximum absolute atomic E-state index is 12.8. The summed E-state index contributed by atoms with van der Waals surface area (Å²) in [5, 5.41) is 4.35. The molecule has 0 bridgehead atoms. The predicted molar refractivity (Wildman–Crippen MR) is 121 cm³/mol. The third-order valence-corrected chi connectivity index (χ3v) is 5.58. The number of benzene rings is 2. The van der Waals surface area contributed by atoms with Crippen molar-refractivity contribution in [1.82, 2.24) is 14.8 Å². The van der Waals surface area contributed by atoms with Gasteiger partial charge in [0.1, 0.15) is 0 Å². The number of para-hydroxylation sites is 1. The summed E-state index contributed by atoms with van der Waals surface area (Å²) >= 11 is 0. The molecule has 4 nitrogen and oxygen atoms in total. The van der Waals surface area contributed by atoms with Gasteiger partial charge in [-0.05, 0) is 44.1 Å². The molecule has 1 amide bonds. The lowest BCUT2D eigenvalue weighted by molar-refractivity contribution is -0.121. The van der Waals surface area contributed by atoms with Gasteiger partial charge in [0, 0.05) is 43.6 Å². The lowest BCUT2D eigenvalue weighted by Crippen LogP contribution is -2.32. The van der Waals surface area contributed by atoms with Crippen LogP contribution in [0.4, 0.5) is 0 Å². The molecule has 1 heterocycles. The van der Waals surface area contributed by atoms with Crippen LogP contribution in [-0.2, 0) is 17.8 Å². The molecule has 0 fully saturated rings. The Morgan fingerprint density at radius 3 is 2.48 bits per heavy atom. The number of aryl methyl sites for hydroxylation is 2. The number of nitrogens with zero attached hydrogens (tertiary/aromatic N) is 2. The Labute approximate surface area is 174 Å². The Morgan fingerprint density at radius 2 is 1.83 bits per heavy atom. The molecule has 3 rings (SSSR count). The fourth-order valence-electron chi connectivity index (χ4n) is 4.05. The summed E-state index contributed by atoms with van der Waals surface area (Å²) in [6.07, 6.45) is 3.72. The Morgan fingerprint density at radius 1 is 1.07 bits per heavy atom. The van der Waals surface area contributed by atoms with Gasteiger partial charge in [-0.15, -0.1) is 0 Å². The zero-order valence-corrected chi connectivity index (χ0v) is 18.1. The SMILES string of the molecule is CCc1cccc2c(C(CC(=O)NCCN(C)C)c3ccccc3)cn(CC)c12. The number of aromatic nitrogens is 1. The van der Waals surface area contributed by atoms with Crippen molar-refractivity contribution in [3.8, 4) is 0 Å². The molecule has 29 heavy (non-hydrogen) atoms. The summed E-state index contributed by atoms with van der Waals surface area (Å²) in [5.74, 6) is 0.141. The largest absolute Gasteiger partial charge is 0.355 e. The summed E-state index contributed by atoms with van der Waals surface area (Å²) in [5.41, 5.74) is 5.10. The second-order valence-electron chi connectivity index (χ2n) is 7.86. The summed E-state index contributed by atoms with van der Waals surface area (Å²) in [4.78, 5) is 14.9. The molecule has 2 aromatic carbocycles. The molecule has 0 aliphatic carbocycles. The fraction of sp³-hybridized carbons (Fsp3) is 0.400. The van der Waals surface area contributed by atoms with Crippen LogP contribution in [0.5, 0.6) is 0 Å². The van der Waals surface area contributed by atoms with Crippen molar-refractivity contribution in [2.24, 2.45) is 0 Å². The maximum atomic E-state index is 12.8. The van der Waals surface area contributed by atoms with E-state index in [1.54, 1.807) is 0 Å². The van der Waals surface area contributed by atoms with Gasteiger partial charge >= 0.3 is 0 Å². The Bertz CT molecular complexity index is 943. The van der Waals surface area contributed by atoms with Crippen LogP contribution < -0.4 is 5.32 Å². The Balaban J connectivity index is 2.00. The summed E-state index contributed by atoms with van der Waals surface area (Å²) in [7, 11) is 4.04. The number of amides is 1. The van der Waals surface area contributed by atoms with E-state index < -0.39 is 0 Å². The van der Waals surface area contributed by atoms with Crippen LogP contribution in [-0.4, -0.2) is 42.6 Å². The molecule has 0 aliphatic heterocycles. The number of carbonyl (C=O) groups is 1. The van der Waals surface area contributed by atoms with Crippen LogP contribution in [0, 0.1) is 0 Å². The van der Waals surface area contributed by atoms with E-state index in [1.165, 1.54) is 27.6 Å². The molecule has 1 aromatic heterocycles. The van der Waals surface area contributed by atoms with E-state index in [4.69, 9.17) is 0 Å². The standard InChI is InChI=1S/C25H33N3O/c1-5-19-13-10-14-21-23(18-28(6-2)25(19)21)22(20-11-8-7-9-12-20)17-24(29)26-15-16-27(3)4/h7-14,18,22H,5-6,15-17H2,1-4H3,(H,26,29). The minimum absolute atomic E-state index is 0.0398. The number of likely N-dealkylation sites (N-methyl/N-ethyl adjacent to an activating group) is 1. The van der Waals surface area contributed by atoms with Crippen LogP contribution in [0.25, 0.3) is 10.9 Å². The molecule has 4 heteroatoms. The monoisotopic (exact) mass is 391 g/mol. The van der Waals surface area contributed by atoms with Crippen LogP contribution in [0.15, 0.2) is 54.7 Å². The molecule has 0 saturated heterocycles. The van der Waals surface area contributed by atoms with E-state index in [9.17, 15) is 4.79 Å². The van der Waals surface area contributed by atoms with E-state index >= 15 is 0 Å². The first-order valence-corrected chi connectivity index (χ1v) is 10.6. The first-order chi connectivity index (χ1) is 14.0. The van der Waals surface area contributed by atoms with Gasteiger partial charge in [0.15, 0.2) is 0 Å². The second-order valence-corrected chi connectivity index (χ2v) is 7.86. The van der Waals surface area contributed by atoms with Crippen LogP contribution >= 0.6 is 0 Å². The van der Waals surface area contributed by atoms with Crippen molar-refractivity contribution >= 4 is 16.8 Å². The van der Waals surface area contributed by atoms with Gasteiger partial charge in [-0.25, -0.2) is 0 Å². The van der Waals surface area contributed by atoms with Crippen molar-refractivity contribution in [2.75, 3.05) is 27.2 Å². The molecular formula is C25H33N3O. The Kier molecular flexibility index (Phi) is 7.10. The van der Waals surface area contributed by atoms with Crippen molar-refractivity contribution in [1.29, 1.82) is 0 Å². The maximum Gasteiger partial charge on any atom is 0.220 e. The Hall–Kier alpha value is -2.59. The normalized spacial score (nSPS) is 12.4. The van der Waals surface area contributed by atoms with Gasteiger partial charge in [0.05, 0.1) is 5.52 Å².